The predicted molar refractivity (Wildman–Crippen MR) is 106 cm³/mol. The first-order chi connectivity index (χ1) is 11.5. The molecule has 3 heterocycles. The van der Waals surface area contributed by atoms with Crippen molar-refractivity contribution in [1.29, 1.82) is 0 Å². The lowest BCUT2D eigenvalue weighted by Crippen LogP contribution is -2.26. The van der Waals surface area contributed by atoms with Gasteiger partial charge in [-0.3, -0.25) is 0 Å². The van der Waals surface area contributed by atoms with Crippen LogP contribution in [-0.4, -0.2) is 23.1 Å². The first-order valence-corrected chi connectivity index (χ1v) is 9.46. The number of likely N-dealkylation sites (N-methyl/N-ethyl adjacent to an activating group) is 1. The van der Waals surface area contributed by atoms with Crippen molar-refractivity contribution >= 4 is 34.0 Å². The second kappa shape index (κ2) is 5.91. The molecule has 124 valence electrons. The molecule has 0 amide bonds. The first kappa shape index (κ1) is 15.7. The number of thiophene rings is 1. The zero-order valence-corrected chi connectivity index (χ0v) is 15.7. The number of aryl methyl sites for hydroxylation is 2. The largest absolute Gasteiger partial charge is 0.320 e. The minimum atomic E-state index is 1.05. The number of rotatable bonds is 2. The van der Waals surface area contributed by atoms with Gasteiger partial charge in [-0.05, 0) is 68.1 Å². The van der Waals surface area contributed by atoms with Gasteiger partial charge in [0, 0.05) is 41.7 Å². The molecule has 0 fully saturated rings. The van der Waals surface area contributed by atoms with Crippen molar-refractivity contribution in [1.82, 2.24) is 9.47 Å². The lowest BCUT2D eigenvalue weighted by Gasteiger charge is -2.23. The Bertz CT molecular complexity index is 942. The maximum atomic E-state index is 2.45. The third-order valence-electron chi connectivity index (χ3n) is 5.08. The summed E-state index contributed by atoms with van der Waals surface area (Å²) in [6.07, 6.45) is 3.47. The standard InChI is InChI=1S/C21H24N2S/c1-14-5-6-19-17(11-14)18-13-22(4)9-7-20(18)23(19)12-16(3)21-15(2)8-10-24-21/h5-6,8,10-12H,7,9,13H2,1-4H3/b16-12+. The minimum absolute atomic E-state index is 1.05. The Morgan fingerprint density at radius 1 is 1.21 bits per heavy atom. The van der Waals surface area contributed by atoms with Gasteiger partial charge in [-0.25, -0.2) is 0 Å². The molecule has 0 atom stereocenters. The molecule has 0 aliphatic carbocycles. The smallest absolute Gasteiger partial charge is 0.0529 e. The number of hydrogen-bond acceptors (Lipinski definition) is 2. The first-order valence-electron chi connectivity index (χ1n) is 8.58. The highest BCUT2D eigenvalue weighted by atomic mass is 32.1. The van der Waals surface area contributed by atoms with Crippen molar-refractivity contribution in [2.45, 2.75) is 33.7 Å². The SMILES string of the molecule is C/C(=C\n1c2c(c3cc(C)ccc31)CN(C)CC2)c1sccc1C. The molecule has 0 radical (unpaired) electrons. The van der Waals surface area contributed by atoms with Gasteiger partial charge in [0.2, 0.25) is 0 Å². The Hall–Kier alpha value is -1.84. The molecular formula is C21H24N2S. The van der Waals surface area contributed by atoms with Crippen LogP contribution in [0.2, 0.25) is 0 Å². The summed E-state index contributed by atoms with van der Waals surface area (Å²) in [6, 6.07) is 9.07. The maximum absolute atomic E-state index is 2.45. The summed E-state index contributed by atoms with van der Waals surface area (Å²) in [5, 5.41) is 3.60. The third-order valence-corrected chi connectivity index (χ3v) is 6.23. The zero-order valence-electron chi connectivity index (χ0n) is 14.9. The number of benzene rings is 1. The number of allylic oxidation sites excluding steroid dienone is 1. The molecule has 2 aromatic heterocycles. The average molecular weight is 337 g/mol. The Morgan fingerprint density at radius 2 is 2.04 bits per heavy atom. The van der Waals surface area contributed by atoms with Gasteiger partial charge in [-0.1, -0.05) is 11.6 Å². The summed E-state index contributed by atoms with van der Waals surface area (Å²) in [7, 11) is 2.22. The molecule has 2 nitrogen and oxygen atoms in total. The molecule has 1 aromatic carbocycles. The summed E-state index contributed by atoms with van der Waals surface area (Å²) in [4.78, 5) is 3.82. The van der Waals surface area contributed by atoms with Crippen LogP contribution in [0.25, 0.3) is 22.7 Å². The van der Waals surface area contributed by atoms with Crippen LogP contribution in [-0.2, 0) is 13.0 Å². The van der Waals surface area contributed by atoms with E-state index in [1.165, 1.54) is 43.7 Å². The second-order valence-electron chi connectivity index (χ2n) is 7.05. The van der Waals surface area contributed by atoms with Crippen LogP contribution in [0.5, 0.6) is 0 Å². The fourth-order valence-corrected chi connectivity index (χ4v) is 4.72. The molecule has 0 saturated carbocycles. The summed E-state index contributed by atoms with van der Waals surface area (Å²) >= 11 is 1.84. The van der Waals surface area contributed by atoms with Crippen LogP contribution in [0.4, 0.5) is 0 Å². The molecule has 0 unspecified atom stereocenters. The minimum Gasteiger partial charge on any atom is -0.320 e. The quantitative estimate of drug-likeness (QED) is 0.614. The monoisotopic (exact) mass is 336 g/mol. The Balaban J connectivity index is 1.94. The Morgan fingerprint density at radius 3 is 2.79 bits per heavy atom. The van der Waals surface area contributed by atoms with E-state index in [0.29, 0.717) is 0 Å². The van der Waals surface area contributed by atoms with E-state index in [1.54, 1.807) is 0 Å². The van der Waals surface area contributed by atoms with Crippen LogP contribution in [0.3, 0.4) is 0 Å². The van der Waals surface area contributed by atoms with E-state index in [1.807, 2.05) is 11.3 Å². The molecule has 1 aliphatic heterocycles. The zero-order chi connectivity index (χ0) is 16.8. The molecule has 0 spiro atoms. The van der Waals surface area contributed by atoms with Crippen LogP contribution < -0.4 is 0 Å². The van der Waals surface area contributed by atoms with Crippen LogP contribution >= 0.6 is 11.3 Å². The van der Waals surface area contributed by atoms with E-state index in [2.05, 4.69) is 73.1 Å². The van der Waals surface area contributed by atoms with Gasteiger partial charge in [-0.15, -0.1) is 11.3 Å². The summed E-state index contributed by atoms with van der Waals surface area (Å²) in [5.41, 5.74) is 8.40. The molecule has 0 N–H and O–H groups in total. The summed E-state index contributed by atoms with van der Waals surface area (Å²) < 4.78 is 2.45. The summed E-state index contributed by atoms with van der Waals surface area (Å²) in [5.74, 6) is 0. The van der Waals surface area contributed by atoms with Gasteiger partial charge in [0.05, 0.1) is 5.52 Å². The van der Waals surface area contributed by atoms with Crippen molar-refractivity contribution in [3.05, 3.63) is 56.9 Å². The number of nitrogens with zero attached hydrogens (tertiary/aromatic N) is 2. The summed E-state index contributed by atoms with van der Waals surface area (Å²) in [6.45, 7) is 8.80. The molecule has 1 aliphatic rings. The van der Waals surface area contributed by atoms with Crippen molar-refractivity contribution in [3.8, 4) is 0 Å². The highest BCUT2D eigenvalue weighted by molar-refractivity contribution is 7.11. The third kappa shape index (κ3) is 2.52. The molecular weight excluding hydrogens is 312 g/mol. The Labute approximate surface area is 148 Å². The van der Waals surface area contributed by atoms with E-state index in [9.17, 15) is 0 Å². The molecule has 24 heavy (non-hydrogen) atoms. The van der Waals surface area contributed by atoms with Crippen molar-refractivity contribution in [3.63, 3.8) is 0 Å². The molecule has 3 heteroatoms. The fourth-order valence-electron chi connectivity index (χ4n) is 3.82. The molecule has 0 saturated heterocycles. The number of hydrogen-bond donors (Lipinski definition) is 0. The van der Waals surface area contributed by atoms with Gasteiger partial charge in [0.15, 0.2) is 0 Å². The van der Waals surface area contributed by atoms with E-state index >= 15 is 0 Å². The van der Waals surface area contributed by atoms with Crippen LogP contribution in [0, 0.1) is 13.8 Å². The topological polar surface area (TPSA) is 8.17 Å². The van der Waals surface area contributed by atoms with Crippen LogP contribution in [0.15, 0.2) is 29.6 Å². The fraction of sp³-hybridized carbons (Fsp3) is 0.333. The Kier molecular flexibility index (Phi) is 3.86. The molecule has 4 rings (SSSR count). The second-order valence-corrected chi connectivity index (χ2v) is 7.96. The van der Waals surface area contributed by atoms with E-state index in [4.69, 9.17) is 0 Å². The van der Waals surface area contributed by atoms with Gasteiger partial charge in [0.25, 0.3) is 0 Å². The highest BCUT2D eigenvalue weighted by Crippen LogP contribution is 2.33. The normalized spacial score (nSPS) is 15.9. The lowest BCUT2D eigenvalue weighted by atomic mass is 10.0. The van der Waals surface area contributed by atoms with Crippen molar-refractivity contribution in [2.24, 2.45) is 0 Å². The van der Waals surface area contributed by atoms with Crippen molar-refractivity contribution in [2.75, 3.05) is 13.6 Å². The van der Waals surface area contributed by atoms with Crippen LogP contribution in [0.1, 0.15) is 34.2 Å². The van der Waals surface area contributed by atoms with Gasteiger partial charge >= 0.3 is 0 Å². The predicted octanol–water partition coefficient (Wildman–Crippen LogP) is 5.33. The van der Waals surface area contributed by atoms with Gasteiger partial charge in [-0.2, -0.15) is 0 Å². The molecule has 3 aromatic rings. The van der Waals surface area contributed by atoms with Gasteiger partial charge < -0.3 is 9.47 Å². The highest BCUT2D eigenvalue weighted by Gasteiger charge is 2.22. The average Bonchev–Trinajstić information content (AvgIpc) is 3.10. The van der Waals surface area contributed by atoms with E-state index < -0.39 is 0 Å². The van der Waals surface area contributed by atoms with E-state index in [0.717, 1.165) is 19.5 Å². The van der Waals surface area contributed by atoms with Gasteiger partial charge in [0.1, 0.15) is 0 Å². The molecule has 0 bridgehead atoms. The maximum Gasteiger partial charge on any atom is 0.0529 e. The lowest BCUT2D eigenvalue weighted by molar-refractivity contribution is 0.312. The van der Waals surface area contributed by atoms with Crippen molar-refractivity contribution < 1.29 is 0 Å². The number of fused-ring (bicyclic) bond motifs is 3. The number of aromatic nitrogens is 1. The van der Waals surface area contributed by atoms with E-state index in [-0.39, 0.29) is 0 Å².